The summed E-state index contributed by atoms with van der Waals surface area (Å²) in [6.07, 6.45) is 1.70. The number of hydrogen-bond acceptors (Lipinski definition) is 10. The van der Waals surface area contributed by atoms with Crippen molar-refractivity contribution in [3.05, 3.63) is 33.2 Å². The third-order valence-corrected chi connectivity index (χ3v) is 5.19. The van der Waals surface area contributed by atoms with Crippen LogP contribution in [-0.2, 0) is 23.9 Å². The zero-order chi connectivity index (χ0) is 23.7. The van der Waals surface area contributed by atoms with Gasteiger partial charge in [-0.2, -0.15) is 5.10 Å². The minimum Gasteiger partial charge on any atom is -0.490 e. The summed E-state index contributed by atoms with van der Waals surface area (Å²) in [6.45, 7) is 5.75. The maximum atomic E-state index is 11.9. The van der Waals surface area contributed by atoms with Gasteiger partial charge >= 0.3 is 11.9 Å². The second-order valence-corrected chi connectivity index (χ2v) is 7.90. The monoisotopic (exact) mass is 527 g/mol. The lowest BCUT2D eigenvalue weighted by atomic mass is 10.2. The minimum atomic E-state index is -0.827. The van der Waals surface area contributed by atoms with Crippen LogP contribution in [0.1, 0.15) is 26.3 Å². The van der Waals surface area contributed by atoms with E-state index in [9.17, 15) is 14.4 Å². The van der Waals surface area contributed by atoms with Gasteiger partial charge in [0.2, 0.25) is 0 Å². The summed E-state index contributed by atoms with van der Waals surface area (Å²) in [5, 5.41) is 10.6. The van der Waals surface area contributed by atoms with Crippen LogP contribution in [0.25, 0.3) is 0 Å². The molecular weight excluding hydrogens is 506 g/mol. The summed E-state index contributed by atoms with van der Waals surface area (Å²) in [5.74, 6) is -0.834. The topological polar surface area (TPSA) is 125 Å². The van der Waals surface area contributed by atoms with Crippen molar-refractivity contribution in [2.45, 2.75) is 26.9 Å². The van der Waals surface area contributed by atoms with Gasteiger partial charge in [-0.25, -0.2) is 9.59 Å². The lowest BCUT2D eigenvalue weighted by molar-refractivity contribution is -0.150. The molecule has 0 aliphatic carbocycles. The third kappa shape index (κ3) is 7.09. The standard InChI is InChI=1S/C20H22BrN3O7S/c1-5-29-14-8-12(7-13(21)17(14)31-11(3)19(27)30-6-2)10-22-24-20-23-18(26)15(32-20)9-16(25)28-4/h7-11H,5-6H2,1-4H3,(H,23,24,26)/b15-9+,22-10?. The molecule has 1 aromatic rings. The highest BCUT2D eigenvalue weighted by Gasteiger charge is 2.25. The summed E-state index contributed by atoms with van der Waals surface area (Å²) >= 11 is 4.39. The van der Waals surface area contributed by atoms with Crippen molar-refractivity contribution in [2.24, 2.45) is 10.2 Å². The molecule has 172 valence electrons. The van der Waals surface area contributed by atoms with Gasteiger partial charge in [0, 0.05) is 6.08 Å². The molecule has 10 nitrogen and oxygen atoms in total. The number of carbonyl (C=O) groups excluding carboxylic acids is 3. The van der Waals surface area contributed by atoms with Gasteiger partial charge in [-0.05, 0) is 66.2 Å². The number of amides is 1. The first kappa shape index (κ1) is 25.4. The Balaban J connectivity index is 2.19. The van der Waals surface area contributed by atoms with Gasteiger partial charge in [0.25, 0.3) is 5.91 Å². The third-order valence-electron chi connectivity index (χ3n) is 3.70. The van der Waals surface area contributed by atoms with Gasteiger partial charge in [-0.1, -0.05) is 0 Å². The first-order valence-electron chi connectivity index (χ1n) is 9.48. The number of thioether (sulfide) groups is 1. The van der Waals surface area contributed by atoms with Crippen molar-refractivity contribution in [3.63, 3.8) is 0 Å². The fraction of sp³-hybridized carbons (Fsp3) is 0.350. The van der Waals surface area contributed by atoms with Gasteiger partial charge in [0.15, 0.2) is 22.8 Å². The molecule has 0 bridgehead atoms. The Hall–Kier alpha value is -2.86. The maximum absolute atomic E-state index is 11.9. The molecule has 1 N–H and O–H groups in total. The molecule has 0 aromatic heterocycles. The van der Waals surface area contributed by atoms with Crippen LogP contribution in [-0.4, -0.2) is 55.7 Å². The number of nitrogens with one attached hydrogen (secondary N) is 1. The number of benzene rings is 1. The molecule has 1 atom stereocenters. The van der Waals surface area contributed by atoms with Crippen LogP contribution >= 0.6 is 27.7 Å². The first-order chi connectivity index (χ1) is 15.3. The SMILES string of the molecule is CCOC(=O)C(C)Oc1c(Br)cc(C=N/N=C2/NC(=O)/C(=C\C(=O)OC)S2)cc1OCC. The number of nitrogens with zero attached hydrogens (tertiary/aromatic N) is 2. The largest absolute Gasteiger partial charge is 0.490 e. The molecule has 32 heavy (non-hydrogen) atoms. The van der Waals surface area contributed by atoms with Crippen molar-refractivity contribution in [2.75, 3.05) is 20.3 Å². The first-order valence-corrected chi connectivity index (χ1v) is 11.1. The number of ether oxygens (including phenoxy) is 4. The van der Waals surface area contributed by atoms with Crippen molar-refractivity contribution in [1.29, 1.82) is 0 Å². The molecule has 1 aromatic carbocycles. The van der Waals surface area contributed by atoms with Gasteiger partial charge in [0.1, 0.15) is 0 Å². The normalized spacial score (nSPS) is 16.8. The smallest absolute Gasteiger partial charge is 0.347 e. The molecular formula is C20H22BrN3O7S. The molecule has 1 aliphatic rings. The number of methoxy groups -OCH3 is 1. The number of halogens is 1. The van der Waals surface area contributed by atoms with E-state index in [1.54, 1.807) is 26.0 Å². The minimum absolute atomic E-state index is 0.157. The van der Waals surface area contributed by atoms with Crippen LogP contribution in [0.2, 0.25) is 0 Å². The second-order valence-electron chi connectivity index (χ2n) is 6.01. The average molecular weight is 528 g/mol. The maximum Gasteiger partial charge on any atom is 0.347 e. The fourth-order valence-corrected chi connectivity index (χ4v) is 3.61. The van der Waals surface area contributed by atoms with E-state index < -0.39 is 23.9 Å². The van der Waals surface area contributed by atoms with Crippen molar-refractivity contribution in [1.82, 2.24) is 5.32 Å². The van der Waals surface area contributed by atoms with Crippen LogP contribution in [0.3, 0.4) is 0 Å². The molecule has 1 heterocycles. The zero-order valence-electron chi connectivity index (χ0n) is 17.8. The second kappa shape index (κ2) is 12.2. The number of esters is 2. The molecule has 12 heteroatoms. The highest BCUT2D eigenvalue weighted by atomic mass is 79.9. The molecule has 0 saturated carbocycles. The van der Waals surface area contributed by atoms with Crippen LogP contribution in [0.5, 0.6) is 11.5 Å². The Morgan fingerprint density at radius 2 is 2.03 bits per heavy atom. The van der Waals surface area contributed by atoms with E-state index in [0.717, 1.165) is 17.8 Å². The average Bonchev–Trinajstić information content (AvgIpc) is 3.09. The van der Waals surface area contributed by atoms with Gasteiger partial charge in [0.05, 0.1) is 35.9 Å². The van der Waals surface area contributed by atoms with E-state index >= 15 is 0 Å². The Kier molecular flexibility index (Phi) is 9.72. The molecule has 1 unspecified atom stereocenters. The summed E-state index contributed by atoms with van der Waals surface area (Å²) < 4.78 is 21.4. The van der Waals surface area contributed by atoms with Crippen LogP contribution in [0, 0.1) is 0 Å². The lowest BCUT2D eigenvalue weighted by Crippen LogP contribution is -2.26. The van der Waals surface area contributed by atoms with Gasteiger partial charge in [-0.15, -0.1) is 5.10 Å². The van der Waals surface area contributed by atoms with Crippen LogP contribution in [0.4, 0.5) is 0 Å². The summed E-state index contributed by atoms with van der Waals surface area (Å²) in [4.78, 5) is 35.2. The van der Waals surface area contributed by atoms with E-state index in [1.807, 2.05) is 6.92 Å². The molecule has 0 radical (unpaired) electrons. The van der Waals surface area contributed by atoms with Gasteiger partial charge in [-0.3, -0.25) is 10.1 Å². The molecule has 0 spiro atoms. The number of hydrogen-bond donors (Lipinski definition) is 1. The van der Waals surface area contributed by atoms with Crippen LogP contribution < -0.4 is 14.8 Å². The van der Waals surface area contributed by atoms with Gasteiger partial charge < -0.3 is 18.9 Å². The summed E-state index contributed by atoms with van der Waals surface area (Å²) in [6, 6.07) is 3.39. The molecule has 1 fully saturated rings. The molecule has 1 saturated heterocycles. The van der Waals surface area contributed by atoms with Crippen LogP contribution in [0.15, 0.2) is 37.8 Å². The van der Waals surface area contributed by atoms with E-state index in [2.05, 4.69) is 36.2 Å². The quantitative estimate of drug-likeness (QED) is 0.225. The van der Waals surface area contributed by atoms with E-state index in [-0.39, 0.29) is 16.7 Å². The Morgan fingerprint density at radius 1 is 1.28 bits per heavy atom. The summed E-state index contributed by atoms with van der Waals surface area (Å²) in [7, 11) is 1.22. The lowest BCUT2D eigenvalue weighted by Gasteiger charge is -2.18. The number of rotatable bonds is 9. The van der Waals surface area contributed by atoms with E-state index in [1.165, 1.54) is 13.3 Å². The number of amidine groups is 1. The van der Waals surface area contributed by atoms with Crippen molar-refractivity contribution < 1.29 is 33.3 Å². The highest BCUT2D eigenvalue weighted by molar-refractivity contribution is 9.10. The molecule has 1 aliphatic heterocycles. The van der Waals surface area contributed by atoms with E-state index in [0.29, 0.717) is 28.1 Å². The predicted molar refractivity (Wildman–Crippen MR) is 123 cm³/mol. The molecule has 1 amide bonds. The predicted octanol–water partition coefficient (Wildman–Crippen LogP) is 2.79. The zero-order valence-corrected chi connectivity index (χ0v) is 20.2. The molecule has 2 rings (SSSR count). The van der Waals surface area contributed by atoms with Crippen molar-refractivity contribution >= 4 is 56.9 Å². The Morgan fingerprint density at radius 3 is 2.69 bits per heavy atom. The van der Waals surface area contributed by atoms with E-state index in [4.69, 9.17) is 14.2 Å². The Bertz CT molecular complexity index is 978. The Labute approximate surface area is 197 Å². The summed E-state index contributed by atoms with van der Waals surface area (Å²) in [5.41, 5.74) is 0.625. The fourth-order valence-electron chi connectivity index (χ4n) is 2.31. The number of carbonyl (C=O) groups is 3. The highest BCUT2D eigenvalue weighted by Crippen LogP contribution is 2.37. The van der Waals surface area contributed by atoms with Crippen molar-refractivity contribution in [3.8, 4) is 11.5 Å².